The van der Waals surface area contributed by atoms with Crippen LogP contribution in [-0.2, 0) is 6.18 Å². The highest BCUT2D eigenvalue weighted by atomic mass is 19.4. The van der Waals surface area contributed by atoms with E-state index >= 15 is 0 Å². The van der Waals surface area contributed by atoms with E-state index in [4.69, 9.17) is 0 Å². The van der Waals surface area contributed by atoms with Crippen molar-refractivity contribution < 1.29 is 13.2 Å². The van der Waals surface area contributed by atoms with Crippen molar-refractivity contribution in [2.45, 2.75) is 6.18 Å². The Balaban J connectivity index is 2.51. The highest BCUT2D eigenvalue weighted by Gasteiger charge is 2.35. The fourth-order valence-electron chi connectivity index (χ4n) is 1.04. The molecule has 0 saturated heterocycles. The lowest BCUT2D eigenvalue weighted by molar-refractivity contribution is -0.143. The summed E-state index contributed by atoms with van der Waals surface area (Å²) in [5.41, 5.74) is -0.997. The minimum Gasteiger partial charge on any atom is -0.259 e. The standard InChI is InChI=1S/C8H4F3N4/c9-8(10,11)6-1-2-14-15(6)7-5-12-3-4-13-7/h2-5H. The molecule has 4 nitrogen and oxygen atoms in total. The third-order valence-corrected chi connectivity index (χ3v) is 1.62. The molecular formula is C8H4F3N4. The molecule has 0 N–H and O–H groups in total. The molecule has 1 radical (unpaired) electrons. The van der Waals surface area contributed by atoms with Crippen LogP contribution in [0.4, 0.5) is 13.2 Å². The molecule has 2 aromatic rings. The lowest BCUT2D eigenvalue weighted by Gasteiger charge is -2.08. The van der Waals surface area contributed by atoms with Gasteiger partial charge in [0.1, 0.15) is 0 Å². The number of alkyl halides is 3. The summed E-state index contributed by atoms with van der Waals surface area (Å²) in [7, 11) is 0. The van der Waals surface area contributed by atoms with Gasteiger partial charge in [0.15, 0.2) is 11.5 Å². The molecule has 77 valence electrons. The third-order valence-electron chi connectivity index (χ3n) is 1.62. The summed E-state index contributed by atoms with van der Waals surface area (Å²) in [5.74, 6) is 0.00563. The van der Waals surface area contributed by atoms with Crippen LogP contribution in [0.5, 0.6) is 0 Å². The van der Waals surface area contributed by atoms with Gasteiger partial charge in [0.25, 0.3) is 0 Å². The predicted octanol–water partition coefficient (Wildman–Crippen LogP) is 1.48. The molecule has 2 aromatic heterocycles. The van der Waals surface area contributed by atoms with Gasteiger partial charge in [-0.05, 0) is 0 Å². The number of nitrogens with zero attached hydrogens (tertiary/aromatic N) is 4. The van der Waals surface area contributed by atoms with Crippen molar-refractivity contribution in [3.8, 4) is 5.82 Å². The molecule has 2 heterocycles. The van der Waals surface area contributed by atoms with Crippen molar-refractivity contribution >= 4 is 0 Å². The summed E-state index contributed by atoms with van der Waals surface area (Å²) in [4.78, 5) is 7.37. The Bertz CT molecular complexity index is 448. The Morgan fingerprint density at radius 2 is 2.07 bits per heavy atom. The predicted molar refractivity (Wildman–Crippen MR) is 43.0 cm³/mol. The van der Waals surface area contributed by atoms with Gasteiger partial charge in [0.05, 0.1) is 12.4 Å². The van der Waals surface area contributed by atoms with E-state index in [-0.39, 0.29) is 5.82 Å². The fraction of sp³-hybridized carbons (Fsp3) is 0.125. The Labute approximate surface area is 82.4 Å². The van der Waals surface area contributed by atoms with E-state index < -0.39 is 11.9 Å². The first-order valence-electron chi connectivity index (χ1n) is 3.88. The maximum Gasteiger partial charge on any atom is 0.434 e. The molecule has 7 heteroatoms. The van der Waals surface area contributed by atoms with Crippen LogP contribution in [0.3, 0.4) is 0 Å². The van der Waals surface area contributed by atoms with Gasteiger partial charge in [-0.2, -0.15) is 18.3 Å². The number of halogens is 3. The Morgan fingerprint density at radius 1 is 1.27 bits per heavy atom. The molecule has 0 aromatic carbocycles. The summed E-state index contributed by atoms with van der Waals surface area (Å²) < 4.78 is 37.9. The molecule has 0 amide bonds. The second kappa shape index (κ2) is 3.34. The molecule has 0 bridgehead atoms. The molecule has 0 fully saturated rings. The largest absolute Gasteiger partial charge is 0.434 e. The average Bonchev–Trinajstić information content (AvgIpc) is 2.67. The van der Waals surface area contributed by atoms with Gasteiger partial charge in [0, 0.05) is 18.5 Å². The Morgan fingerprint density at radius 3 is 2.67 bits per heavy atom. The molecule has 0 unspecified atom stereocenters. The van der Waals surface area contributed by atoms with Gasteiger partial charge in [-0.3, -0.25) is 4.98 Å². The lowest BCUT2D eigenvalue weighted by Crippen LogP contribution is -2.14. The van der Waals surface area contributed by atoms with Crippen LogP contribution < -0.4 is 0 Å². The fourth-order valence-corrected chi connectivity index (χ4v) is 1.04. The van der Waals surface area contributed by atoms with Crippen LogP contribution in [0, 0.1) is 6.07 Å². The summed E-state index contributed by atoms with van der Waals surface area (Å²) in [5, 5.41) is 3.49. The summed E-state index contributed by atoms with van der Waals surface area (Å²) in [6.45, 7) is 0. The normalized spacial score (nSPS) is 11.7. The maximum absolute atomic E-state index is 12.4. The van der Waals surface area contributed by atoms with Crippen molar-refractivity contribution in [2.75, 3.05) is 0 Å². The van der Waals surface area contributed by atoms with E-state index in [2.05, 4.69) is 15.1 Å². The monoisotopic (exact) mass is 213 g/mol. The molecule has 0 saturated carbocycles. The van der Waals surface area contributed by atoms with Crippen LogP contribution in [0.1, 0.15) is 5.69 Å². The zero-order valence-corrected chi connectivity index (χ0v) is 7.23. The zero-order chi connectivity index (χ0) is 10.9. The van der Waals surface area contributed by atoms with E-state index in [0.717, 1.165) is 6.20 Å². The molecule has 0 spiro atoms. The third kappa shape index (κ3) is 1.80. The number of hydrogen-bond donors (Lipinski definition) is 0. The molecule has 0 aliphatic carbocycles. The second-order valence-electron chi connectivity index (χ2n) is 2.61. The van der Waals surface area contributed by atoms with E-state index in [1.807, 2.05) is 6.07 Å². The average molecular weight is 213 g/mol. The van der Waals surface area contributed by atoms with Gasteiger partial charge in [-0.1, -0.05) is 0 Å². The summed E-state index contributed by atoms with van der Waals surface area (Å²) in [6, 6.07) is 2.00. The Hall–Kier alpha value is -1.92. The Kier molecular flexibility index (Phi) is 2.14. The van der Waals surface area contributed by atoms with Crippen LogP contribution in [-0.4, -0.2) is 19.7 Å². The molecule has 0 atom stereocenters. The minimum atomic E-state index is -4.51. The highest BCUT2D eigenvalue weighted by Crippen LogP contribution is 2.29. The number of aromatic nitrogens is 4. The molecule has 0 aliphatic rings. The van der Waals surface area contributed by atoms with Crippen molar-refractivity contribution in [3.05, 3.63) is 36.5 Å². The van der Waals surface area contributed by atoms with Gasteiger partial charge in [-0.15, -0.1) is 0 Å². The smallest absolute Gasteiger partial charge is 0.259 e. The second-order valence-corrected chi connectivity index (χ2v) is 2.61. The molecule has 15 heavy (non-hydrogen) atoms. The SMILES string of the molecule is FC(F)(F)c1[c]cnn1-c1cnccn1. The molecular weight excluding hydrogens is 209 g/mol. The van der Waals surface area contributed by atoms with E-state index in [9.17, 15) is 13.2 Å². The first-order chi connectivity index (χ1) is 7.09. The highest BCUT2D eigenvalue weighted by molar-refractivity contribution is 5.21. The van der Waals surface area contributed by atoms with E-state index in [1.165, 1.54) is 18.6 Å². The van der Waals surface area contributed by atoms with Crippen molar-refractivity contribution in [1.82, 2.24) is 19.7 Å². The summed E-state index contributed by atoms with van der Waals surface area (Å²) >= 11 is 0. The van der Waals surface area contributed by atoms with Crippen molar-refractivity contribution in [3.63, 3.8) is 0 Å². The van der Waals surface area contributed by atoms with Crippen LogP contribution in [0.2, 0.25) is 0 Å². The van der Waals surface area contributed by atoms with Crippen LogP contribution in [0.15, 0.2) is 24.8 Å². The summed E-state index contributed by atoms with van der Waals surface area (Å²) in [6.07, 6.45) is 0.281. The van der Waals surface area contributed by atoms with Gasteiger partial charge in [-0.25, -0.2) is 9.67 Å². The maximum atomic E-state index is 12.4. The molecule has 2 rings (SSSR count). The van der Waals surface area contributed by atoms with Crippen molar-refractivity contribution in [2.24, 2.45) is 0 Å². The van der Waals surface area contributed by atoms with Gasteiger partial charge >= 0.3 is 6.18 Å². The lowest BCUT2D eigenvalue weighted by atomic mass is 10.4. The first-order valence-corrected chi connectivity index (χ1v) is 3.88. The first kappa shape index (κ1) is 9.63. The topological polar surface area (TPSA) is 43.6 Å². The minimum absolute atomic E-state index is 0.00563. The van der Waals surface area contributed by atoms with Gasteiger partial charge < -0.3 is 0 Å². The van der Waals surface area contributed by atoms with E-state index in [1.54, 1.807) is 0 Å². The number of hydrogen-bond acceptors (Lipinski definition) is 3. The van der Waals surface area contributed by atoms with Crippen molar-refractivity contribution in [1.29, 1.82) is 0 Å². The molecule has 0 aliphatic heterocycles. The number of rotatable bonds is 1. The zero-order valence-electron chi connectivity index (χ0n) is 7.23. The quantitative estimate of drug-likeness (QED) is 0.720. The van der Waals surface area contributed by atoms with Crippen LogP contribution >= 0.6 is 0 Å². The van der Waals surface area contributed by atoms with E-state index in [0.29, 0.717) is 4.68 Å². The van der Waals surface area contributed by atoms with Crippen LogP contribution in [0.25, 0.3) is 5.82 Å². The van der Waals surface area contributed by atoms with Gasteiger partial charge in [0.2, 0.25) is 0 Å².